The number of aromatic amines is 1. The molecule has 5 aromatic rings. The second-order valence-corrected chi connectivity index (χ2v) is 7.40. The largest absolute Gasteiger partial charge is 0.507 e. The van der Waals surface area contributed by atoms with E-state index >= 15 is 0 Å². The second-order valence-electron chi connectivity index (χ2n) is 7.40. The van der Waals surface area contributed by atoms with E-state index in [1.165, 1.54) is 0 Å². The molecule has 0 unspecified atom stereocenters. The number of aromatic hydroxyl groups is 1. The van der Waals surface area contributed by atoms with Crippen molar-refractivity contribution in [2.75, 3.05) is 0 Å². The second kappa shape index (κ2) is 8.74. The van der Waals surface area contributed by atoms with Gasteiger partial charge in [-0.15, -0.1) is 0 Å². The highest BCUT2D eigenvalue weighted by atomic mass is 16.3. The number of hydrogen-bond donors (Lipinski definition) is 2. The van der Waals surface area contributed by atoms with Gasteiger partial charge in [-0.1, -0.05) is 72.8 Å². The molecule has 32 heavy (non-hydrogen) atoms. The maximum atomic E-state index is 9.89. The summed E-state index contributed by atoms with van der Waals surface area (Å²) in [6.45, 7) is 0. The van der Waals surface area contributed by atoms with E-state index in [9.17, 15) is 5.11 Å². The summed E-state index contributed by atoms with van der Waals surface area (Å²) in [5.74, 6) is 1.02. The molecule has 0 bridgehead atoms. The summed E-state index contributed by atoms with van der Waals surface area (Å²) < 4.78 is 0. The average Bonchev–Trinajstić information content (AvgIpc) is 3.31. The number of aromatic nitrogens is 2. The monoisotopic (exact) mass is 415 g/mol. The van der Waals surface area contributed by atoms with Gasteiger partial charge in [-0.3, -0.25) is 4.99 Å². The first-order valence-corrected chi connectivity index (χ1v) is 10.4. The van der Waals surface area contributed by atoms with Gasteiger partial charge in [0.25, 0.3) is 0 Å². The topological polar surface area (TPSA) is 61.3 Å². The van der Waals surface area contributed by atoms with E-state index in [2.05, 4.69) is 34.2 Å². The van der Waals surface area contributed by atoms with Crippen LogP contribution in [0.2, 0.25) is 0 Å². The van der Waals surface area contributed by atoms with Crippen LogP contribution in [-0.2, 0) is 0 Å². The first-order chi connectivity index (χ1) is 15.8. The van der Waals surface area contributed by atoms with Crippen LogP contribution >= 0.6 is 0 Å². The predicted molar refractivity (Wildman–Crippen MR) is 130 cm³/mol. The molecular weight excluding hydrogens is 394 g/mol. The van der Waals surface area contributed by atoms with Crippen LogP contribution in [0.1, 0.15) is 5.56 Å². The fourth-order valence-corrected chi connectivity index (χ4v) is 3.57. The van der Waals surface area contributed by atoms with Crippen LogP contribution in [0.5, 0.6) is 5.75 Å². The van der Waals surface area contributed by atoms with E-state index in [1.807, 2.05) is 72.8 Å². The van der Waals surface area contributed by atoms with Crippen molar-refractivity contribution in [1.29, 1.82) is 0 Å². The number of nitrogens with one attached hydrogen (secondary N) is 1. The van der Waals surface area contributed by atoms with Gasteiger partial charge in [0, 0.05) is 28.5 Å². The molecule has 0 atom stereocenters. The van der Waals surface area contributed by atoms with Crippen LogP contribution in [0.25, 0.3) is 33.9 Å². The first kappa shape index (κ1) is 19.5. The van der Waals surface area contributed by atoms with Crippen molar-refractivity contribution in [3.63, 3.8) is 0 Å². The lowest BCUT2D eigenvalue weighted by atomic mass is 10.1. The standard InChI is InChI=1S/C28H21N3O/c32-25-14-8-7-13-23(25)19-29-24-17-15-22(16-18-24)28-30-26(20-9-3-1-4-10-20)27(31-28)21-11-5-2-6-12-21/h1-19,32H,(H,30,31). The number of nitrogens with zero attached hydrogens (tertiary/aromatic N) is 2. The van der Waals surface area contributed by atoms with E-state index in [4.69, 9.17) is 4.98 Å². The van der Waals surface area contributed by atoms with Crippen molar-refractivity contribution in [3.8, 4) is 39.7 Å². The van der Waals surface area contributed by atoms with E-state index in [-0.39, 0.29) is 5.75 Å². The summed E-state index contributed by atoms with van der Waals surface area (Å²) in [4.78, 5) is 12.9. The van der Waals surface area contributed by atoms with Gasteiger partial charge in [-0.25, -0.2) is 4.98 Å². The van der Waals surface area contributed by atoms with E-state index in [1.54, 1.807) is 18.3 Å². The number of phenolic OH excluding ortho intramolecular Hbond substituents is 1. The molecule has 154 valence electrons. The molecule has 4 aromatic carbocycles. The Labute approximate surface area is 186 Å². The van der Waals surface area contributed by atoms with Gasteiger partial charge in [-0.2, -0.15) is 0 Å². The van der Waals surface area contributed by atoms with Crippen LogP contribution in [0.4, 0.5) is 5.69 Å². The Balaban J connectivity index is 1.49. The van der Waals surface area contributed by atoms with Gasteiger partial charge in [0.2, 0.25) is 0 Å². The average molecular weight is 415 g/mol. The zero-order valence-electron chi connectivity index (χ0n) is 17.3. The number of para-hydroxylation sites is 1. The highest BCUT2D eigenvalue weighted by Crippen LogP contribution is 2.33. The third-order valence-electron chi connectivity index (χ3n) is 5.24. The summed E-state index contributed by atoms with van der Waals surface area (Å²) in [5.41, 5.74) is 6.54. The molecule has 0 saturated carbocycles. The van der Waals surface area contributed by atoms with Crippen molar-refractivity contribution >= 4 is 11.9 Å². The fraction of sp³-hybridized carbons (Fsp3) is 0. The van der Waals surface area contributed by atoms with E-state index in [0.29, 0.717) is 5.56 Å². The van der Waals surface area contributed by atoms with Gasteiger partial charge < -0.3 is 10.1 Å². The number of imidazole rings is 1. The highest BCUT2D eigenvalue weighted by molar-refractivity contribution is 5.85. The van der Waals surface area contributed by atoms with Crippen LogP contribution < -0.4 is 0 Å². The molecule has 0 fully saturated rings. The SMILES string of the molecule is Oc1ccccc1C=Nc1ccc(-c2nc(-c3ccccc3)c(-c3ccccc3)[nH]2)cc1. The van der Waals surface area contributed by atoms with Crippen LogP contribution in [0, 0.1) is 0 Å². The predicted octanol–water partition coefficient (Wildman–Crippen LogP) is 6.87. The molecule has 1 aromatic heterocycles. The lowest BCUT2D eigenvalue weighted by molar-refractivity contribution is 0.474. The Kier molecular flexibility index (Phi) is 5.33. The molecule has 0 amide bonds. The lowest BCUT2D eigenvalue weighted by Gasteiger charge is -2.02. The minimum Gasteiger partial charge on any atom is -0.507 e. The summed E-state index contributed by atoms with van der Waals surface area (Å²) in [6, 6.07) is 35.5. The smallest absolute Gasteiger partial charge is 0.138 e. The van der Waals surface area contributed by atoms with E-state index in [0.717, 1.165) is 39.6 Å². The number of aliphatic imine (C=N–C) groups is 1. The number of hydrogen-bond acceptors (Lipinski definition) is 3. The van der Waals surface area contributed by atoms with Gasteiger partial charge in [0.15, 0.2) is 0 Å². The molecular formula is C28H21N3O. The molecule has 1 heterocycles. The molecule has 0 aliphatic heterocycles. The van der Waals surface area contributed by atoms with Crippen molar-refractivity contribution < 1.29 is 5.11 Å². The minimum absolute atomic E-state index is 0.213. The molecule has 4 nitrogen and oxygen atoms in total. The van der Waals surface area contributed by atoms with Crippen molar-refractivity contribution in [1.82, 2.24) is 9.97 Å². The lowest BCUT2D eigenvalue weighted by Crippen LogP contribution is -1.82. The highest BCUT2D eigenvalue weighted by Gasteiger charge is 2.15. The van der Waals surface area contributed by atoms with Crippen molar-refractivity contribution in [2.24, 2.45) is 4.99 Å². The summed E-state index contributed by atoms with van der Waals surface area (Å²) in [5, 5.41) is 9.89. The van der Waals surface area contributed by atoms with Crippen molar-refractivity contribution in [2.45, 2.75) is 0 Å². The molecule has 5 rings (SSSR count). The fourth-order valence-electron chi connectivity index (χ4n) is 3.57. The van der Waals surface area contributed by atoms with Gasteiger partial charge in [-0.05, 0) is 36.4 Å². The van der Waals surface area contributed by atoms with Gasteiger partial charge in [0.1, 0.15) is 11.6 Å². The molecule has 0 aliphatic carbocycles. The van der Waals surface area contributed by atoms with Gasteiger partial charge >= 0.3 is 0 Å². The quantitative estimate of drug-likeness (QED) is 0.308. The third-order valence-corrected chi connectivity index (χ3v) is 5.24. The maximum Gasteiger partial charge on any atom is 0.138 e. The van der Waals surface area contributed by atoms with Crippen LogP contribution in [-0.4, -0.2) is 21.3 Å². The number of H-pyrrole nitrogens is 1. The normalized spacial score (nSPS) is 11.1. The third kappa shape index (κ3) is 4.07. The number of benzene rings is 4. The summed E-state index contributed by atoms with van der Waals surface area (Å²) in [6.07, 6.45) is 1.66. The molecule has 4 heteroatoms. The van der Waals surface area contributed by atoms with Crippen LogP contribution in [0.15, 0.2) is 114 Å². The van der Waals surface area contributed by atoms with Crippen LogP contribution in [0.3, 0.4) is 0 Å². The first-order valence-electron chi connectivity index (χ1n) is 10.4. The molecule has 0 radical (unpaired) electrons. The molecule has 0 spiro atoms. The Hall–Kier alpha value is -4.44. The Morgan fingerprint density at radius 1 is 0.656 bits per heavy atom. The Morgan fingerprint density at radius 2 is 1.28 bits per heavy atom. The Morgan fingerprint density at radius 3 is 1.97 bits per heavy atom. The van der Waals surface area contributed by atoms with Crippen molar-refractivity contribution in [3.05, 3.63) is 115 Å². The number of phenols is 1. The maximum absolute atomic E-state index is 9.89. The molecule has 2 N–H and O–H groups in total. The zero-order chi connectivity index (χ0) is 21.8. The zero-order valence-corrected chi connectivity index (χ0v) is 17.3. The Bertz CT molecular complexity index is 1300. The summed E-state index contributed by atoms with van der Waals surface area (Å²) in [7, 11) is 0. The number of rotatable bonds is 5. The molecule has 0 saturated heterocycles. The van der Waals surface area contributed by atoms with E-state index < -0.39 is 0 Å². The molecule has 0 aliphatic rings. The minimum atomic E-state index is 0.213. The summed E-state index contributed by atoms with van der Waals surface area (Å²) >= 11 is 0. The van der Waals surface area contributed by atoms with Gasteiger partial charge in [0.05, 0.1) is 17.1 Å².